The lowest BCUT2D eigenvalue weighted by atomic mass is 10.0. The topological polar surface area (TPSA) is 93.7 Å². The zero-order chi connectivity index (χ0) is 22.5. The molecule has 2 aliphatic rings. The van der Waals surface area contributed by atoms with Gasteiger partial charge in [0.15, 0.2) is 0 Å². The van der Waals surface area contributed by atoms with Gasteiger partial charge in [0.05, 0.1) is 11.3 Å². The molecule has 1 saturated carbocycles. The molecule has 1 aliphatic carbocycles. The highest BCUT2D eigenvalue weighted by Crippen LogP contribution is 2.37. The van der Waals surface area contributed by atoms with Gasteiger partial charge in [0.25, 0.3) is 5.91 Å². The Kier molecular flexibility index (Phi) is 5.31. The normalized spacial score (nSPS) is 17.8. The van der Waals surface area contributed by atoms with Crippen molar-refractivity contribution < 1.29 is 18.7 Å². The zero-order valence-corrected chi connectivity index (χ0v) is 18.5. The number of nitrogens with two attached hydrogens (primary N) is 1. The number of carbonyl (C=O) groups is 2. The molecule has 31 heavy (non-hydrogen) atoms. The third kappa shape index (κ3) is 4.31. The van der Waals surface area contributed by atoms with Crippen LogP contribution in [0.5, 0.6) is 0 Å². The molecule has 0 atom stereocenters. The first-order valence-electron chi connectivity index (χ1n) is 10.8. The molecule has 2 amide bonds. The van der Waals surface area contributed by atoms with Gasteiger partial charge in [0.1, 0.15) is 16.9 Å². The Labute approximate surface area is 181 Å². The van der Waals surface area contributed by atoms with Crippen molar-refractivity contribution in [3.05, 3.63) is 23.6 Å². The van der Waals surface area contributed by atoms with Crippen molar-refractivity contribution in [2.75, 3.05) is 18.0 Å². The van der Waals surface area contributed by atoms with E-state index in [0.29, 0.717) is 42.5 Å². The van der Waals surface area contributed by atoms with Crippen molar-refractivity contribution in [2.24, 2.45) is 12.8 Å². The van der Waals surface area contributed by atoms with Crippen molar-refractivity contribution in [1.82, 2.24) is 14.7 Å². The number of halogens is 1. The van der Waals surface area contributed by atoms with Crippen LogP contribution in [0.1, 0.15) is 56.8 Å². The number of amides is 2. The van der Waals surface area contributed by atoms with E-state index in [-0.39, 0.29) is 23.7 Å². The van der Waals surface area contributed by atoms with Gasteiger partial charge < -0.3 is 20.3 Å². The van der Waals surface area contributed by atoms with Crippen molar-refractivity contribution in [3.63, 3.8) is 0 Å². The monoisotopic (exact) mass is 431 g/mol. The second-order valence-electron chi connectivity index (χ2n) is 9.52. The molecule has 1 aliphatic heterocycles. The van der Waals surface area contributed by atoms with Gasteiger partial charge >= 0.3 is 6.09 Å². The molecule has 4 rings (SSSR count). The fourth-order valence-electron chi connectivity index (χ4n) is 4.39. The van der Waals surface area contributed by atoms with Crippen molar-refractivity contribution >= 4 is 28.6 Å². The summed E-state index contributed by atoms with van der Waals surface area (Å²) in [6, 6.07) is 1.48. The average molecular weight is 432 g/mol. The minimum absolute atomic E-state index is 0.0657. The summed E-state index contributed by atoms with van der Waals surface area (Å²) < 4.78 is 22.3. The Balaban J connectivity index is 1.56. The minimum atomic E-state index is -0.703. The molecule has 2 heterocycles. The van der Waals surface area contributed by atoms with Crippen LogP contribution in [0.4, 0.5) is 14.9 Å². The van der Waals surface area contributed by atoms with Gasteiger partial charge in [0.2, 0.25) is 0 Å². The molecule has 0 unspecified atom stereocenters. The molecule has 0 bridgehead atoms. The minimum Gasteiger partial charge on any atom is -0.444 e. The van der Waals surface area contributed by atoms with E-state index in [1.165, 1.54) is 6.07 Å². The molecular weight excluding hydrogens is 401 g/mol. The molecule has 0 spiro atoms. The van der Waals surface area contributed by atoms with Gasteiger partial charge in [-0.3, -0.25) is 9.48 Å². The maximum absolute atomic E-state index is 15.1. The number of ether oxygens (including phenoxy) is 1. The van der Waals surface area contributed by atoms with E-state index in [9.17, 15) is 9.59 Å². The number of hydrogen-bond acceptors (Lipinski definition) is 5. The largest absolute Gasteiger partial charge is 0.444 e. The van der Waals surface area contributed by atoms with Crippen LogP contribution in [0.25, 0.3) is 10.9 Å². The summed E-state index contributed by atoms with van der Waals surface area (Å²) in [5, 5.41) is 4.89. The molecule has 1 aromatic heterocycles. The van der Waals surface area contributed by atoms with Crippen LogP contribution >= 0.6 is 0 Å². The standard InChI is InChI=1S/C22H30FN5O3/c1-22(2,3)31-21(30)28(13-5-6-13)14-7-9-27(10-8-14)19-16-12-26(4)25-18(16)15(20(24)29)11-17(19)23/h11-14H,5-10H2,1-4H3,(H2,24,29). The van der Waals surface area contributed by atoms with Gasteiger partial charge in [-0.05, 0) is 52.5 Å². The van der Waals surface area contributed by atoms with Gasteiger partial charge in [-0.1, -0.05) is 0 Å². The molecule has 0 radical (unpaired) electrons. The highest BCUT2D eigenvalue weighted by molar-refractivity contribution is 6.08. The summed E-state index contributed by atoms with van der Waals surface area (Å²) in [4.78, 5) is 28.4. The lowest BCUT2D eigenvalue weighted by Crippen LogP contribution is -2.50. The summed E-state index contributed by atoms with van der Waals surface area (Å²) in [6.07, 6.45) is 4.88. The van der Waals surface area contributed by atoms with Gasteiger partial charge in [-0.2, -0.15) is 5.10 Å². The van der Waals surface area contributed by atoms with Crippen molar-refractivity contribution in [1.29, 1.82) is 0 Å². The lowest BCUT2D eigenvalue weighted by molar-refractivity contribution is 0.0113. The Morgan fingerprint density at radius 3 is 2.35 bits per heavy atom. The average Bonchev–Trinajstić information content (AvgIpc) is 3.41. The van der Waals surface area contributed by atoms with Crippen LogP contribution in [-0.4, -0.2) is 57.5 Å². The highest BCUT2D eigenvalue weighted by Gasteiger charge is 2.41. The second-order valence-corrected chi connectivity index (χ2v) is 9.52. The van der Waals surface area contributed by atoms with Crippen molar-refractivity contribution in [3.8, 4) is 0 Å². The van der Waals surface area contributed by atoms with Crippen LogP contribution in [0.2, 0.25) is 0 Å². The molecule has 2 N–H and O–H groups in total. The highest BCUT2D eigenvalue weighted by atomic mass is 19.1. The van der Waals surface area contributed by atoms with E-state index < -0.39 is 17.3 Å². The number of piperidine rings is 1. The van der Waals surface area contributed by atoms with Crippen LogP contribution < -0.4 is 10.6 Å². The number of aromatic nitrogens is 2. The number of primary amides is 1. The Morgan fingerprint density at radius 2 is 1.81 bits per heavy atom. The second kappa shape index (κ2) is 7.69. The molecule has 2 aromatic rings. The number of rotatable bonds is 4. The number of hydrogen-bond donors (Lipinski definition) is 1. The Morgan fingerprint density at radius 1 is 1.19 bits per heavy atom. The van der Waals surface area contributed by atoms with E-state index in [4.69, 9.17) is 10.5 Å². The van der Waals surface area contributed by atoms with Crippen LogP contribution in [0.15, 0.2) is 12.3 Å². The molecular formula is C22H30FN5O3. The number of benzene rings is 1. The fraction of sp³-hybridized carbons (Fsp3) is 0.591. The summed E-state index contributed by atoms with van der Waals surface area (Å²) in [6.45, 7) is 6.80. The number of aryl methyl sites for hydroxylation is 1. The van der Waals surface area contributed by atoms with E-state index in [1.54, 1.807) is 17.9 Å². The van der Waals surface area contributed by atoms with Gasteiger partial charge in [-0.25, -0.2) is 9.18 Å². The molecule has 2 fully saturated rings. The summed E-state index contributed by atoms with van der Waals surface area (Å²) in [7, 11) is 1.73. The molecule has 168 valence electrons. The van der Waals surface area contributed by atoms with Gasteiger partial charge in [-0.15, -0.1) is 0 Å². The van der Waals surface area contributed by atoms with E-state index in [0.717, 1.165) is 12.8 Å². The fourth-order valence-corrected chi connectivity index (χ4v) is 4.39. The molecule has 9 heteroatoms. The zero-order valence-electron chi connectivity index (χ0n) is 18.5. The smallest absolute Gasteiger partial charge is 0.410 e. The quantitative estimate of drug-likeness (QED) is 0.803. The third-order valence-corrected chi connectivity index (χ3v) is 5.82. The third-order valence-electron chi connectivity index (χ3n) is 5.82. The van der Waals surface area contributed by atoms with E-state index in [1.807, 2.05) is 30.6 Å². The maximum atomic E-state index is 15.1. The van der Waals surface area contributed by atoms with Gasteiger partial charge in [0, 0.05) is 43.8 Å². The van der Waals surface area contributed by atoms with Crippen molar-refractivity contribution in [2.45, 2.75) is 64.1 Å². The number of anilines is 1. The predicted octanol–water partition coefficient (Wildman–Crippen LogP) is 3.18. The molecule has 1 aromatic carbocycles. The summed E-state index contributed by atoms with van der Waals surface area (Å²) in [5.74, 6) is -1.19. The van der Waals surface area contributed by atoms with E-state index >= 15 is 4.39 Å². The number of fused-ring (bicyclic) bond motifs is 1. The maximum Gasteiger partial charge on any atom is 0.410 e. The first-order chi connectivity index (χ1) is 14.5. The Hall–Kier alpha value is -2.84. The lowest BCUT2D eigenvalue weighted by Gasteiger charge is -2.40. The van der Waals surface area contributed by atoms with Crippen LogP contribution in [-0.2, 0) is 11.8 Å². The molecule has 8 nitrogen and oxygen atoms in total. The SMILES string of the molecule is Cn1cc2c(N3CCC(N(C(=O)OC(C)(C)C)C4CC4)CC3)c(F)cc(C(N)=O)c2n1. The number of carbonyl (C=O) groups excluding carboxylic acids is 2. The molecule has 1 saturated heterocycles. The van der Waals surface area contributed by atoms with E-state index in [2.05, 4.69) is 5.10 Å². The van der Waals surface area contributed by atoms with Crippen LogP contribution in [0, 0.1) is 5.82 Å². The Bertz CT molecular complexity index is 1020. The number of nitrogens with zero attached hydrogens (tertiary/aromatic N) is 4. The first-order valence-corrected chi connectivity index (χ1v) is 10.8. The van der Waals surface area contributed by atoms with Crippen LogP contribution in [0.3, 0.4) is 0 Å². The summed E-state index contributed by atoms with van der Waals surface area (Å²) >= 11 is 0. The predicted molar refractivity (Wildman–Crippen MR) is 116 cm³/mol. The summed E-state index contributed by atoms with van der Waals surface area (Å²) in [5.41, 5.74) is 5.80. The first kappa shape index (κ1) is 21.4.